The molecule has 2 heteroatoms. The molecule has 0 spiro atoms. The minimum absolute atomic E-state index is 0.0894. The van der Waals surface area contributed by atoms with Gasteiger partial charge in [0.2, 0.25) is 0 Å². The molecule has 7 atom stereocenters. The van der Waals surface area contributed by atoms with Crippen molar-refractivity contribution in [1.82, 2.24) is 0 Å². The van der Waals surface area contributed by atoms with E-state index in [9.17, 15) is 5.11 Å². The smallest absolute Gasteiger partial charge is 0.0577 e. The molecule has 0 bridgehead atoms. The summed E-state index contributed by atoms with van der Waals surface area (Å²) in [6.07, 6.45) is 12.4. The van der Waals surface area contributed by atoms with Crippen molar-refractivity contribution in [3.05, 3.63) is 11.6 Å². The molecule has 25 heavy (non-hydrogen) atoms. The summed E-state index contributed by atoms with van der Waals surface area (Å²) in [4.78, 5) is 4.81. The van der Waals surface area contributed by atoms with Gasteiger partial charge in [0.15, 0.2) is 0 Å². The maximum atomic E-state index is 10.1. The first-order valence-electron chi connectivity index (χ1n) is 10.8. The van der Waals surface area contributed by atoms with Crippen molar-refractivity contribution in [2.75, 3.05) is 6.54 Å². The second-order valence-electron chi connectivity index (χ2n) is 9.95. The zero-order valence-electron chi connectivity index (χ0n) is 16.7. The maximum Gasteiger partial charge on any atom is 0.0577 e. The minimum atomic E-state index is -0.0894. The summed E-state index contributed by atoms with van der Waals surface area (Å²) in [7, 11) is 0. The van der Waals surface area contributed by atoms with E-state index in [1.165, 1.54) is 44.2 Å². The van der Waals surface area contributed by atoms with Crippen LogP contribution in [0.5, 0.6) is 0 Å². The topological polar surface area (TPSA) is 32.6 Å². The van der Waals surface area contributed by atoms with Crippen LogP contribution in [0, 0.1) is 34.5 Å². The first kappa shape index (κ1) is 17.8. The van der Waals surface area contributed by atoms with Crippen molar-refractivity contribution >= 4 is 5.71 Å². The molecule has 0 aromatic rings. The van der Waals surface area contributed by atoms with Gasteiger partial charge in [0.1, 0.15) is 0 Å². The van der Waals surface area contributed by atoms with Gasteiger partial charge in [0, 0.05) is 18.2 Å². The van der Waals surface area contributed by atoms with E-state index < -0.39 is 0 Å². The quantitative estimate of drug-likeness (QED) is 0.528. The fourth-order valence-corrected chi connectivity index (χ4v) is 7.69. The van der Waals surface area contributed by atoms with Gasteiger partial charge in [-0.15, -0.1) is 0 Å². The first-order valence-corrected chi connectivity index (χ1v) is 10.8. The molecule has 4 aliphatic rings. The number of hydrogen-bond donors (Lipinski definition) is 1. The van der Waals surface area contributed by atoms with Gasteiger partial charge in [-0.2, -0.15) is 0 Å². The fraction of sp³-hybridized carbons (Fsp3) is 0.870. The zero-order valence-corrected chi connectivity index (χ0v) is 16.7. The molecule has 0 aromatic carbocycles. The lowest BCUT2D eigenvalue weighted by molar-refractivity contribution is -0.0423. The Hall–Kier alpha value is -0.630. The van der Waals surface area contributed by atoms with E-state index in [0.717, 1.165) is 37.1 Å². The second kappa shape index (κ2) is 6.22. The molecule has 1 N–H and O–H groups in total. The van der Waals surface area contributed by atoms with Gasteiger partial charge in [-0.1, -0.05) is 25.5 Å². The van der Waals surface area contributed by atoms with Crippen molar-refractivity contribution in [2.45, 2.75) is 85.2 Å². The molecule has 0 unspecified atom stereocenters. The van der Waals surface area contributed by atoms with Crippen molar-refractivity contribution in [3.63, 3.8) is 0 Å². The van der Waals surface area contributed by atoms with E-state index in [-0.39, 0.29) is 6.10 Å². The molecule has 3 saturated carbocycles. The van der Waals surface area contributed by atoms with Crippen molar-refractivity contribution < 1.29 is 5.11 Å². The molecule has 0 saturated heterocycles. The summed E-state index contributed by atoms with van der Waals surface area (Å²) in [5.74, 6) is 3.30. The standard InChI is InChI=1S/C23H37NO/c1-5-24-15(2)19-8-9-20-18-7-6-16-14-17(25)10-12-22(16,3)21(18)11-13-23(19,20)4/h6,17-21,25H,5,7-14H2,1-4H3/t17-,18+,19-,20+,21+,22+,23-/m1/s1. The number of fused-ring (bicyclic) bond motifs is 5. The summed E-state index contributed by atoms with van der Waals surface area (Å²) in [5, 5.41) is 10.1. The van der Waals surface area contributed by atoms with Crippen LogP contribution in [0.25, 0.3) is 0 Å². The highest BCUT2D eigenvalue weighted by Crippen LogP contribution is 2.66. The highest BCUT2D eigenvalue weighted by atomic mass is 16.3. The molecule has 140 valence electrons. The van der Waals surface area contributed by atoms with Gasteiger partial charge < -0.3 is 5.11 Å². The molecule has 0 amide bonds. The van der Waals surface area contributed by atoms with Gasteiger partial charge in [-0.3, -0.25) is 4.99 Å². The summed E-state index contributed by atoms with van der Waals surface area (Å²) < 4.78 is 0. The van der Waals surface area contributed by atoms with Crippen molar-refractivity contribution in [2.24, 2.45) is 39.5 Å². The second-order valence-corrected chi connectivity index (χ2v) is 9.95. The normalized spacial score (nSPS) is 49.9. The van der Waals surface area contributed by atoms with Gasteiger partial charge >= 0.3 is 0 Å². The van der Waals surface area contributed by atoms with E-state index in [0.29, 0.717) is 16.7 Å². The number of allylic oxidation sites excluding steroid dienone is 1. The summed E-state index contributed by atoms with van der Waals surface area (Å²) in [6, 6.07) is 0. The maximum absolute atomic E-state index is 10.1. The van der Waals surface area contributed by atoms with Crippen LogP contribution in [0.1, 0.15) is 79.1 Å². The molecule has 2 nitrogen and oxygen atoms in total. The Morgan fingerprint density at radius 3 is 2.72 bits per heavy atom. The predicted molar refractivity (Wildman–Crippen MR) is 105 cm³/mol. The third kappa shape index (κ3) is 2.58. The average molecular weight is 344 g/mol. The lowest BCUT2D eigenvalue weighted by Gasteiger charge is -2.58. The number of aliphatic imine (C=N–C) groups is 1. The monoisotopic (exact) mass is 343 g/mol. The molecular weight excluding hydrogens is 306 g/mol. The Labute approximate surface area is 154 Å². The van der Waals surface area contributed by atoms with Crippen LogP contribution in [-0.2, 0) is 0 Å². The van der Waals surface area contributed by atoms with E-state index in [4.69, 9.17) is 4.99 Å². The third-order valence-electron chi connectivity index (χ3n) is 8.99. The Balaban J connectivity index is 1.63. The number of nitrogens with zero attached hydrogens (tertiary/aromatic N) is 1. The Kier molecular flexibility index (Phi) is 4.42. The van der Waals surface area contributed by atoms with Gasteiger partial charge in [0.05, 0.1) is 6.10 Å². The van der Waals surface area contributed by atoms with Gasteiger partial charge in [0.25, 0.3) is 0 Å². The fourth-order valence-electron chi connectivity index (χ4n) is 7.69. The Morgan fingerprint density at radius 1 is 1.16 bits per heavy atom. The van der Waals surface area contributed by atoms with E-state index in [1.807, 2.05) is 0 Å². The summed E-state index contributed by atoms with van der Waals surface area (Å²) in [5.41, 5.74) is 3.85. The molecule has 0 aromatic heterocycles. The van der Waals surface area contributed by atoms with E-state index >= 15 is 0 Å². The van der Waals surface area contributed by atoms with Gasteiger partial charge in [-0.05, 0) is 93.8 Å². The van der Waals surface area contributed by atoms with Crippen LogP contribution in [0.4, 0.5) is 0 Å². The molecule has 4 rings (SSSR count). The minimum Gasteiger partial charge on any atom is -0.393 e. The van der Waals surface area contributed by atoms with E-state index in [2.05, 4.69) is 33.8 Å². The number of aliphatic hydroxyl groups is 1. The SMILES string of the molecule is CCN=C(C)[C@H]1CC[C@H]2[C@@H]3CC=C4C[C@H](O)CC[C@]4(C)[C@H]3CC[C@]12C. The number of aliphatic hydroxyl groups excluding tert-OH is 1. The predicted octanol–water partition coefficient (Wildman–Crippen LogP) is 5.41. The van der Waals surface area contributed by atoms with Crippen LogP contribution in [0.15, 0.2) is 16.6 Å². The lowest BCUT2D eigenvalue weighted by Crippen LogP contribution is -2.50. The van der Waals surface area contributed by atoms with E-state index in [1.54, 1.807) is 5.57 Å². The number of hydrogen-bond acceptors (Lipinski definition) is 2. The van der Waals surface area contributed by atoms with Crippen LogP contribution in [0.3, 0.4) is 0 Å². The first-order chi connectivity index (χ1) is 11.9. The molecular formula is C23H37NO. The van der Waals surface area contributed by atoms with Crippen molar-refractivity contribution in [1.29, 1.82) is 0 Å². The Morgan fingerprint density at radius 2 is 1.96 bits per heavy atom. The average Bonchev–Trinajstić information content (AvgIpc) is 2.93. The molecule has 0 heterocycles. The molecule has 0 aliphatic heterocycles. The summed E-state index contributed by atoms with van der Waals surface area (Å²) in [6.45, 7) is 10.5. The Bertz CT molecular complexity index is 593. The largest absolute Gasteiger partial charge is 0.393 e. The van der Waals surface area contributed by atoms with Crippen LogP contribution in [0.2, 0.25) is 0 Å². The zero-order chi connectivity index (χ0) is 17.8. The summed E-state index contributed by atoms with van der Waals surface area (Å²) >= 11 is 0. The highest BCUT2D eigenvalue weighted by Gasteiger charge is 2.58. The lowest BCUT2D eigenvalue weighted by atomic mass is 9.47. The molecule has 4 aliphatic carbocycles. The number of rotatable bonds is 2. The molecule has 0 radical (unpaired) electrons. The van der Waals surface area contributed by atoms with Gasteiger partial charge in [-0.25, -0.2) is 0 Å². The van der Waals surface area contributed by atoms with Crippen LogP contribution >= 0.6 is 0 Å². The molecule has 3 fully saturated rings. The third-order valence-corrected chi connectivity index (χ3v) is 8.99. The van der Waals surface area contributed by atoms with Crippen molar-refractivity contribution in [3.8, 4) is 0 Å². The highest BCUT2D eigenvalue weighted by molar-refractivity contribution is 5.85. The van der Waals surface area contributed by atoms with Crippen LogP contribution < -0.4 is 0 Å². The van der Waals surface area contributed by atoms with Crippen LogP contribution in [-0.4, -0.2) is 23.5 Å².